The third kappa shape index (κ3) is 5.81. The Morgan fingerprint density at radius 1 is 0.931 bits per heavy atom. The molecule has 2 amide bonds. The van der Waals surface area contributed by atoms with Gasteiger partial charge in [0.2, 0.25) is 11.8 Å². The van der Waals surface area contributed by atoms with Gasteiger partial charge in [0.05, 0.1) is 5.92 Å². The van der Waals surface area contributed by atoms with Crippen LogP contribution in [0.2, 0.25) is 0 Å². The van der Waals surface area contributed by atoms with Crippen LogP contribution in [0.4, 0.5) is 0 Å². The molecule has 0 spiro atoms. The monoisotopic (exact) mass is 399 g/mol. The molecule has 29 heavy (non-hydrogen) atoms. The zero-order chi connectivity index (χ0) is 20.6. The van der Waals surface area contributed by atoms with Crippen LogP contribution in [0.25, 0.3) is 0 Å². The van der Waals surface area contributed by atoms with Crippen LogP contribution in [-0.4, -0.2) is 72.3 Å². The fourth-order valence-electron chi connectivity index (χ4n) is 4.67. The second-order valence-electron chi connectivity index (χ2n) is 8.54. The maximum atomic E-state index is 13.2. The first-order valence-electron chi connectivity index (χ1n) is 11.5. The Kier molecular flexibility index (Phi) is 8.10. The van der Waals surface area contributed by atoms with E-state index in [0.717, 1.165) is 77.1 Å². The number of hydrogen-bond acceptors (Lipinski definition) is 3. The van der Waals surface area contributed by atoms with Crippen molar-refractivity contribution in [2.75, 3.05) is 45.8 Å². The SMILES string of the molecule is CCCC(C(=O)N1CCC(CC(=O)N2CCN(CC)CC2)CC1)c1ccccc1. The van der Waals surface area contributed by atoms with Gasteiger partial charge in [-0.1, -0.05) is 50.6 Å². The first kappa shape index (κ1) is 21.8. The largest absolute Gasteiger partial charge is 0.342 e. The molecular weight excluding hydrogens is 362 g/mol. The minimum Gasteiger partial charge on any atom is -0.342 e. The van der Waals surface area contributed by atoms with Crippen molar-refractivity contribution in [2.45, 2.75) is 51.9 Å². The lowest BCUT2D eigenvalue weighted by Gasteiger charge is -2.37. The van der Waals surface area contributed by atoms with E-state index in [4.69, 9.17) is 0 Å². The molecule has 2 saturated heterocycles. The summed E-state index contributed by atoms with van der Waals surface area (Å²) >= 11 is 0. The lowest BCUT2D eigenvalue weighted by molar-refractivity contribution is -0.136. The summed E-state index contributed by atoms with van der Waals surface area (Å²) in [5.41, 5.74) is 1.13. The van der Waals surface area contributed by atoms with Crippen LogP contribution in [-0.2, 0) is 9.59 Å². The zero-order valence-corrected chi connectivity index (χ0v) is 18.2. The van der Waals surface area contributed by atoms with Crippen LogP contribution in [0, 0.1) is 5.92 Å². The Labute approximate surface area is 176 Å². The van der Waals surface area contributed by atoms with E-state index >= 15 is 0 Å². The highest BCUT2D eigenvalue weighted by Crippen LogP contribution is 2.28. The fraction of sp³-hybridized carbons (Fsp3) is 0.667. The second-order valence-corrected chi connectivity index (χ2v) is 8.54. The molecule has 5 nitrogen and oxygen atoms in total. The number of likely N-dealkylation sites (N-methyl/N-ethyl adjacent to an activating group) is 1. The number of carbonyl (C=O) groups excluding carboxylic acids is 2. The van der Waals surface area contributed by atoms with Gasteiger partial charge in [-0.2, -0.15) is 0 Å². The highest BCUT2D eigenvalue weighted by Gasteiger charge is 2.30. The number of rotatable bonds is 7. The average molecular weight is 400 g/mol. The standard InChI is InChI=1S/C24H37N3O2/c1-3-8-22(21-9-6-5-7-10-21)24(29)27-13-11-20(12-14-27)19-23(28)26-17-15-25(4-2)16-18-26/h5-7,9-10,20,22H,3-4,8,11-19H2,1-2H3. The topological polar surface area (TPSA) is 43.9 Å². The van der Waals surface area contributed by atoms with Gasteiger partial charge >= 0.3 is 0 Å². The van der Waals surface area contributed by atoms with E-state index in [1.54, 1.807) is 0 Å². The molecule has 5 heteroatoms. The molecule has 2 fully saturated rings. The molecule has 2 heterocycles. The zero-order valence-electron chi connectivity index (χ0n) is 18.2. The molecular formula is C24H37N3O2. The van der Waals surface area contributed by atoms with Gasteiger partial charge in [0.1, 0.15) is 0 Å². The molecule has 2 aliphatic heterocycles. The maximum Gasteiger partial charge on any atom is 0.230 e. The van der Waals surface area contributed by atoms with E-state index in [-0.39, 0.29) is 11.8 Å². The van der Waals surface area contributed by atoms with E-state index in [0.29, 0.717) is 18.2 Å². The minimum atomic E-state index is -0.0331. The fourth-order valence-corrected chi connectivity index (χ4v) is 4.67. The summed E-state index contributed by atoms with van der Waals surface area (Å²) in [5.74, 6) is 0.948. The summed E-state index contributed by atoms with van der Waals surface area (Å²) in [4.78, 5) is 32.3. The van der Waals surface area contributed by atoms with Gasteiger partial charge in [0, 0.05) is 45.7 Å². The van der Waals surface area contributed by atoms with Crippen LogP contribution >= 0.6 is 0 Å². The number of likely N-dealkylation sites (tertiary alicyclic amines) is 1. The lowest BCUT2D eigenvalue weighted by atomic mass is 9.89. The number of carbonyl (C=O) groups is 2. The number of hydrogen-bond donors (Lipinski definition) is 0. The van der Waals surface area contributed by atoms with Crippen molar-refractivity contribution in [1.82, 2.24) is 14.7 Å². The molecule has 0 radical (unpaired) electrons. The average Bonchev–Trinajstić information content (AvgIpc) is 2.78. The van der Waals surface area contributed by atoms with Crippen LogP contribution in [0.3, 0.4) is 0 Å². The molecule has 0 aromatic heterocycles. The van der Waals surface area contributed by atoms with Crippen LogP contribution < -0.4 is 0 Å². The Hall–Kier alpha value is -1.88. The molecule has 0 N–H and O–H groups in total. The van der Waals surface area contributed by atoms with Gasteiger partial charge < -0.3 is 14.7 Å². The molecule has 1 unspecified atom stereocenters. The predicted octanol–water partition coefficient (Wildman–Crippen LogP) is 3.36. The first-order valence-corrected chi connectivity index (χ1v) is 11.5. The predicted molar refractivity (Wildman–Crippen MR) is 117 cm³/mol. The number of benzene rings is 1. The van der Waals surface area contributed by atoms with E-state index in [1.165, 1.54) is 0 Å². The van der Waals surface area contributed by atoms with Crippen molar-refractivity contribution >= 4 is 11.8 Å². The van der Waals surface area contributed by atoms with Gasteiger partial charge in [-0.25, -0.2) is 0 Å². The summed E-state index contributed by atoms with van der Waals surface area (Å²) in [6.45, 7) is 10.7. The normalized spacial score (nSPS) is 19.9. The van der Waals surface area contributed by atoms with Crippen molar-refractivity contribution < 1.29 is 9.59 Å². The second kappa shape index (κ2) is 10.8. The lowest BCUT2D eigenvalue weighted by Crippen LogP contribution is -2.49. The van der Waals surface area contributed by atoms with Gasteiger partial charge in [0.15, 0.2) is 0 Å². The Balaban J connectivity index is 1.48. The summed E-state index contributed by atoms with van der Waals surface area (Å²) < 4.78 is 0. The Morgan fingerprint density at radius 2 is 1.59 bits per heavy atom. The highest BCUT2D eigenvalue weighted by molar-refractivity contribution is 5.84. The van der Waals surface area contributed by atoms with Crippen LogP contribution in [0.15, 0.2) is 30.3 Å². The van der Waals surface area contributed by atoms with E-state index in [1.807, 2.05) is 28.0 Å². The van der Waals surface area contributed by atoms with Gasteiger partial charge in [-0.3, -0.25) is 9.59 Å². The van der Waals surface area contributed by atoms with Crippen molar-refractivity contribution in [3.63, 3.8) is 0 Å². The third-order valence-electron chi connectivity index (χ3n) is 6.64. The van der Waals surface area contributed by atoms with Crippen LogP contribution in [0.5, 0.6) is 0 Å². The Morgan fingerprint density at radius 3 is 2.17 bits per heavy atom. The smallest absolute Gasteiger partial charge is 0.230 e. The highest BCUT2D eigenvalue weighted by atomic mass is 16.2. The minimum absolute atomic E-state index is 0.0331. The van der Waals surface area contributed by atoms with Gasteiger partial charge in [0.25, 0.3) is 0 Å². The summed E-state index contributed by atoms with van der Waals surface area (Å²) in [6.07, 6.45) is 4.43. The molecule has 0 saturated carbocycles. The van der Waals surface area contributed by atoms with Gasteiger partial charge in [-0.05, 0) is 37.3 Å². The van der Waals surface area contributed by atoms with Crippen LogP contribution in [0.1, 0.15) is 57.4 Å². The molecule has 2 aliphatic rings. The van der Waals surface area contributed by atoms with E-state index < -0.39 is 0 Å². The third-order valence-corrected chi connectivity index (χ3v) is 6.64. The van der Waals surface area contributed by atoms with Crippen molar-refractivity contribution in [3.8, 4) is 0 Å². The van der Waals surface area contributed by atoms with Crippen molar-refractivity contribution in [1.29, 1.82) is 0 Å². The van der Waals surface area contributed by atoms with E-state index in [2.05, 4.69) is 30.9 Å². The van der Waals surface area contributed by atoms with E-state index in [9.17, 15) is 9.59 Å². The summed E-state index contributed by atoms with van der Waals surface area (Å²) in [6, 6.07) is 10.2. The number of amides is 2. The number of piperazine rings is 1. The van der Waals surface area contributed by atoms with Gasteiger partial charge in [-0.15, -0.1) is 0 Å². The summed E-state index contributed by atoms with van der Waals surface area (Å²) in [7, 11) is 0. The molecule has 1 aromatic carbocycles. The maximum absolute atomic E-state index is 13.2. The van der Waals surface area contributed by atoms with Crippen molar-refractivity contribution in [3.05, 3.63) is 35.9 Å². The molecule has 160 valence electrons. The van der Waals surface area contributed by atoms with Crippen molar-refractivity contribution in [2.24, 2.45) is 5.92 Å². The number of nitrogens with zero attached hydrogens (tertiary/aromatic N) is 3. The molecule has 3 rings (SSSR count). The molecule has 1 atom stereocenters. The first-order chi connectivity index (χ1) is 14.1. The Bertz CT molecular complexity index is 647. The quantitative estimate of drug-likeness (QED) is 0.706. The molecule has 0 bridgehead atoms. The summed E-state index contributed by atoms with van der Waals surface area (Å²) in [5, 5.41) is 0. The molecule has 0 aliphatic carbocycles. The number of piperidine rings is 1. The molecule has 1 aromatic rings.